The van der Waals surface area contributed by atoms with E-state index >= 15 is 0 Å². The Kier molecular flexibility index (Phi) is 7.60. The molecule has 1 aromatic carbocycles. The lowest BCUT2D eigenvalue weighted by atomic mass is 9.89. The zero-order valence-corrected chi connectivity index (χ0v) is 13.1. The molecule has 0 spiro atoms. The van der Waals surface area contributed by atoms with Gasteiger partial charge < -0.3 is 0 Å². The van der Waals surface area contributed by atoms with Crippen LogP contribution in [-0.4, -0.2) is 17.0 Å². The lowest BCUT2D eigenvalue weighted by molar-refractivity contribution is -0.118. The summed E-state index contributed by atoms with van der Waals surface area (Å²) < 4.78 is 0. The first-order valence-electron chi connectivity index (χ1n) is 6.40. The minimum Gasteiger partial charge on any atom is -0.298 e. The summed E-state index contributed by atoms with van der Waals surface area (Å²) in [6.07, 6.45) is 4.11. The van der Waals surface area contributed by atoms with Gasteiger partial charge in [0.05, 0.1) is 5.33 Å². The summed E-state index contributed by atoms with van der Waals surface area (Å²) in [7, 11) is 0. The maximum Gasteiger partial charge on any atom is 0.150 e. The van der Waals surface area contributed by atoms with Crippen molar-refractivity contribution in [1.82, 2.24) is 0 Å². The average Bonchev–Trinajstić information content (AvgIpc) is 2.38. The van der Waals surface area contributed by atoms with Gasteiger partial charge in [-0.15, -0.1) is 11.6 Å². The van der Waals surface area contributed by atoms with Gasteiger partial charge in [0.25, 0.3) is 0 Å². The highest BCUT2D eigenvalue weighted by Crippen LogP contribution is 2.25. The van der Waals surface area contributed by atoms with Crippen LogP contribution in [0.15, 0.2) is 24.3 Å². The monoisotopic (exact) mass is 330 g/mol. The minimum absolute atomic E-state index is 0.0274. The van der Waals surface area contributed by atoms with Crippen molar-refractivity contribution >= 4 is 33.3 Å². The van der Waals surface area contributed by atoms with Crippen LogP contribution in [0.5, 0.6) is 0 Å². The highest BCUT2D eigenvalue weighted by Gasteiger charge is 2.18. The number of unbranched alkanes of at least 4 members (excludes halogenated alkanes) is 2. The summed E-state index contributed by atoms with van der Waals surface area (Å²) in [5.74, 6) is 1.01. The van der Waals surface area contributed by atoms with E-state index in [0.717, 1.165) is 31.2 Å². The Morgan fingerprint density at radius 3 is 2.72 bits per heavy atom. The molecule has 0 heterocycles. The third-order valence-electron chi connectivity index (χ3n) is 3.09. The molecule has 0 saturated heterocycles. The van der Waals surface area contributed by atoms with Crippen LogP contribution in [0.1, 0.15) is 42.7 Å². The van der Waals surface area contributed by atoms with Crippen molar-refractivity contribution in [3.8, 4) is 0 Å². The Hall–Kier alpha value is -0.340. The smallest absolute Gasteiger partial charge is 0.150 e. The van der Waals surface area contributed by atoms with E-state index in [1.807, 2.05) is 6.07 Å². The van der Waals surface area contributed by atoms with E-state index in [1.54, 1.807) is 0 Å². The van der Waals surface area contributed by atoms with Crippen LogP contribution in [0.3, 0.4) is 0 Å². The Labute approximate surface area is 123 Å². The average molecular weight is 332 g/mol. The van der Waals surface area contributed by atoms with E-state index in [2.05, 4.69) is 41.1 Å². The maximum atomic E-state index is 12.0. The fourth-order valence-electron chi connectivity index (χ4n) is 2.11. The van der Waals surface area contributed by atoms with E-state index in [4.69, 9.17) is 11.6 Å². The van der Waals surface area contributed by atoms with Crippen LogP contribution in [0.2, 0.25) is 0 Å². The SMILES string of the molecule is Cc1cccc(C(CCCCCCl)C(=O)CBr)c1. The van der Waals surface area contributed by atoms with E-state index < -0.39 is 0 Å². The van der Waals surface area contributed by atoms with Crippen LogP contribution < -0.4 is 0 Å². The summed E-state index contributed by atoms with van der Waals surface area (Å²) in [6.45, 7) is 2.06. The third-order valence-corrected chi connectivity index (χ3v) is 3.91. The number of alkyl halides is 2. The standard InChI is InChI=1S/C15H20BrClO/c1-12-6-5-7-13(10-12)14(15(18)11-16)8-3-2-4-9-17/h5-7,10,14H,2-4,8-9,11H2,1H3. The Morgan fingerprint density at radius 2 is 2.11 bits per heavy atom. The molecule has 0 fully saturated rings. The van der Waals surface area contributed by atoms with Crippen molar-refractivity contribution in [1.29, 1.82) is 0 Å². The van der Waals surface area contributed by atoms with Crippen molar-refractivity contribution in [3.05, 3.63) is 35.4 Å². The van der Waals surface area contributed by atoms with E-state index in [0.29, 0.717) is 11.2 Å². The molecule has 0 aliphatic carbocycles. The predicted octanol–water partition coefficient (Wildman–Crippen LogP) is 4.84. The molecule has 0 radical (unpaired) electrons. The van der Waals surface area contributed by atoms with E-state index in [9.17, 15) is 4.79 Å². The van der Waals surface area contributed by atoms with Gasteiger partial charge in [0.15, 0.2) is 5.78 Å². The molecule has 0 bridgehead atoms. The fraction of sp³-hybridized carbons (Fsp3) is 0.533. The molecule has 1 rings (SSSR count). The van der Waals surface area contributed by atoms with Crippen molar-refractivity contribution in [3.63, 3.8) is 0 Å². The molecule has 100 valence electrons. The number of rotatable bonds is 8. The first-order chi connectivity index (χ1) is 8.69. The molecule has 0 N–H and O–H groups in total. The zero-order chi connectivity index (χ0) is 13.4. The summed E-state index contributed by atoms with van der Waals surface area (Å²) >= 11 is 8.95. The minimum atomic E-state index is 0.0274. The molecule has 1 nitrogen and oxygen atoms in total. The molecular weight excluding hydrogens is 312 g/mol. The molecule has 3 heteroatoms. The summed E-state index contributed by atoms with van der Waals surface area (Å²) in [5.41, 5.74) is 2.35. The molecule has 0 aliphatic heterocycles. The lowest BCUT2D eigenvalue weighted by Crippen LogP contribution is -2.14. The molecule has 1 unspecified atom stereocenters. The van der Waals surface area contributed by atoms with Crippen LogP contribution >= 0.6 is 27.5 Å². The molecule has 0 aromatic heterocycles. The Balaban J connectivity index is 2.69. The number of carbonyl (C=O) groups excluding carboxylic acids is 1. The fourth-order valence-corrected chi connectivity index (χ4v) is 2.69. The summed E-state index contributed by atoms with van der Waals surface area (Å²) in [4.78, 5) is 12.0. The van der Waals surface area contributed by atoms with Crippen LogP contribution in [0.25, 0.3) is 0 Å². The van der Waals surface area contributed by atoms with Gasteiger partial charge in [-0.3, -0.25) is 4.79 Å². The number of hydrogen-bond donors (Lipinski definition) is 0. The number of ketones is 1. The molecule has 0 amide bonds. The molecule has 1 atom stereocenters. The van der Waals surface area contributed by atoms with Gasteiger partial charge in [0, 0.05) is 11.8 Å². The molecule has 18 heavy (non-hydrogen) atoms. The second-order valence-corrected chi connectivity index (χ2v) is 5.54. The highest BCUT2D eigenvalue weighted by atomic mass is 79.9. The largest absolute Gasteiger partial charge is 0.298 e. The predicted molar refractivity (Wildman–Crippen MR) is 81.9 cm³/mol. The van der Waals surface area contributed by atoms with Crippen molar-refractivity contribution in [2.24, 2.45) is 0 Å². The molecule has 1 aromatic rings. The number of benzene rings is 1. The van der Waals surface area contributed by atoms with E-state index in [-0.39, 0.29) is 11.7 Å². The molecule has 0 aliphatic rings. The van der Waals surface area contributed by atoms with Crippen molar-refractivity contribution < 1.29 is 4.79 Å². The van der Waals surface area contributed by atoms with Gasteiger partial charge >= 0.3 is 0 Å². The van der Waals surface area contributed by atoms with Crippen LogP contribution in [0, 0.1) is 6.92 Å². The number of aryl methyl sites for hydroxylation is 1. The number of carbonyl (C=O) groups is 1. The second kappa shape index (κ2) is 8.71. The topological polar surface area (TPSA) is 17.1 Å². The summed E-state index contributed by atoms with van der Waals surface area (Å²) in [6, 6.07) is 8.26. The Bertz CT molecular complexity index is 379. The highest BCUT2D eigenvalue weighted by molar-refractivity contribution is 9.09. The van der Waals surface area contributed by atoms with Gasteiger partial charge in [-0.1, -0.05) is 58.6 Å². The molecular formula is C15H20BrClO. The van der Waals surface area contributed by atoms with Crippen molar-refractivity contribution in [2.75, 3.05) is 11.2 Å². The Morgan fingerprint density at radius 1 is 1.33 bits per heavy atom. The third kappa shape index (κ3) is 5.11. The first kappa shape index (κ1) is 15.7. The number of Topliss-reactive ketones (excluding diaryl/α,β-unsaturated/α-hetero) is 1. The maximum absolute atomic E-state index is 12.0. The van der Waals surface area contributed by atoms with Gasteiger partial charge in [0.2, 0.25) is 0 Å². The van der Waals surface area contributed by atoms with Gasteiger partial charge in [0.1, 0.15) is 0 Å². The van der Waals surface area contributed by atoms with E-state index in [1.165, 1.54) is 5.56 Å². The second-order valence-electron chi connectivity index (χ2n) is 4.60. The van der Waals surface area contributed by atoms with Gasteiger partial charge in [-0.2, -0.15) is 0 Å². The normalized spacial score (nSPS) is 12.4. The van der Waals surface area contributed by atoms with Crippen LogP contribution in [-0.2, 0) is 4.79 Å². The number of hydrogen-bond acceptors (Lipinski definition) is 1. The number of halogens is 2. The van der Waals surface area contributed by atoms with Crippen molar-refractivity contribution in [2.45, 2.75) is 38.5 Å². The van der Waals surface area contributed by atoms with Gasteiger partial charge in [-0.25, -0.2) is 0 Å². The summed E-state index contributed by atoms with van der Waals surface area (Å²) in [5, 5.41) is 0.432. The zero-order valence-electron chi connectivity index (χ0n) is 10.8. The molecule has 0 saturated carbocycles. The first-order valence-corrected chi connectivity index (χ1v) is 8.06. The quantitative estimate of drug-likeness (QED) is 0.492. The van der Waals surface area contributed by atoms with Crippen LogP contribution in [0.4, 0.5) is 0 Å². The van der Waals surface area contributed by atoms with Gasteiger partial charge in [-0.05, 0) is 25.3 Å². The lowest BCUT2D eigenvalue weighted by Gasteiger charge is -2.15.